The zero-order valence-electron chi connectivity index (χ0n) is 24.4. The Morgan fingerprint density at radius 2 is 1.70 bits per heavy atom. The van der Waals surface area contributed by atoms with Gasteiger partial charge in [-0.1, -0.05) is 46.9 Å². The van der Waals surface area contributed by atoms with E-state index in [0.717, 1.165) is 15.8 Å². The Morgan fingerprint density at radius 1 is 1.00 bits per heavy atom. The monoisotopic (exact) mass is 704 g/mol. The van der Waals surface area contributed by atoms with Gasteiger partial charge in [0.05, 0.1) is 32.9 Å². The third-order valence-corrected chi connectivity index (χ3v) is 9.59. The van der Waals surface area contributed by atoms with Gasteiger partial charge in [-0.2, -0.15) is 0 Å². The van der Waals surface area contributed by atoms with Crippen LogP contribution in [0.3, 0.4) is 0 Å². The maximum Gasteiger partial charge on any atom is 0.328 e. The molecule has 0 fully saturated rings. The van der Waals surface area contributed by atoms with Crippen molar-refractivity contribution >= 4 is 79.4 Å². The maximum absolute atomic E-state index is 13.3. The van der Waals surface area contributed by atoms with Crippen molar-refractivity contribution in [3.05, 3.63) is 103 Å². The van der Waals surface area contributed by atoms with E-state index in [4.69, 9.17) is 34.8 Å². The molecule has 1 aliphatic heterocycles. The molecule has 0 radical (unpaired) electrons. The number of carboxylic acids is 1. The molecule has 1 aromatic heterocycles. The molecule has 0 spiro atoms. The van der Waals surface area contributed by atoms with Crippen molar-refractivity contribution in [3.8, 4) is 0 Å². The molecule has 11 nitrogen and oxygen atoms in total. The van der Waals surface area contributed by atoms with E-state index in [9.17, 15) is 32.7 Å². The van der Waals surface area contributed by atoms with E-state index in [0.29, 0.717) is 45.6 Å². The van der Waals surface area contributed by atoms with Gasteiger partial charge in [0, 0.05) is 41.8 Å². The standard InChI is InChI=1S/C31H27Cl3N4O7S/c1-16-3-8-21-22(15-38(25(21)11-16)46(2,44)45)28(39)35-13-24(31(42)43)36-29(40)26-23(33)12-18-14-37(10-9-20(18)27(26)34)30(41)17-4-6-19(32)7-5-17/h3-8,11-12,15,24H,9-10,13-14H2,1-2H3,(H,35,39)(H,36,40)(H,42,43). The lowest BCUT2D eigenvalue weighted by molar-refractivity contribution is -0.139. The fourth-order valence-corrected chi connectivity index (χ4v) is 6.99. The first-order valence-electron chi connectivity index (χ1n) is 13.8. The molecular weight excluding hydrogens is 679 g/mol. The van der Waals surface area contributed by atoms with Gasteiger partial charge in [-0.05, 0) is 66.4 Å². The number of rotatable bonds is 8. The van der Waals surface area contributed by atoms with Crippen LogP contribution in [-0.2, 0) is 27.8 Å². The number of hydrogen-bond donors (Lipinski definition) is 3. The third-order valence-electron chi connectivity index (χ3n) is 7.61. The average molecular weight is 706 g/mol. The SMILES string of the molecule is Cc1ccc2c(C(=O)NCC(NC(=O)c3c(Cl)cc4c(c3Cl)CCN(C(=O)c3ccc(Cl)cc3)C4)C(=O)O)cn(S(C)(=O)=O)c2c1. The van der Waals surface area contributed by atoms with Gasteiger partial charge in [-0.15, -0.1) is 0 Å². The van der Waals surface area contributed by atoms with Crippen LogP contribution in [0, 0.1) is 6.92 Å². The predicted octanol–water partition coefficient (Wildman–Crippen LogP) is 4.53. The van der Waals surface area contributed by atoms with Crippen LogP contribution >= 0.6 is 34.8 Å². The van der Waals surface area contributed by atoms with E-state index in [1.54, 1.807) is 54.3 Å². The highest BCUT2D eigenvalue weighted by Crippen LogP contribution is 2.35. The number of nitrogens with zero attached hydrogens (tertiary/aromatic N) is 2. The van der Waals surface area contributed by atoms with E-state index in [-0.39, 0.29) is 33.6 Å². The number of carbonyl (C=O) groups excluding carboxylic acids is 3. The highest BCUT2D eigenvalue weighted by Gasteiger charge is 2.30. The van der Waals surface area contributed by atoms with Gasteiger partial charge < -0.3 is 20.6 Å². The lowest BCUT2D eigenvalue weighted by atomic mass is 9.96. The minimum atomic E-state index is -3.75. The fourth-order valence-electron chi connectivity index (χ4n) is 5.29. The number of halogens is 3. The summed E-state index contributed by atoms with van der Waals surface area (Å²) in [6, 6.07) is 11.4. The molecule has 46 heavy (non-hydrogen) atoms. The molecule has 15 heteroatoms. The van der Waals surface area contributed by atoms with Gasteiger partial charge >= 0.3 is 5.97 Å². The molecule has 1 aliphatic rings. The highest BCUT2D eigenvalue weighted by molar-refractivity contribution is 7.89. The third kappa shape index (κ3) is 6.70. The lowest BCUT2D eigenvalue weighted by Crippen LogP contribution is -2.48. The van der Waals surface area contributed by atoms with Crippen LogP contribution in [0.1, 0.15) is 47.8 Å². The summed E-state index contributed by atoms with van der Waals surface area (Å²) in [6.45, 7) is 1.75. The summed E-state index contributed by atoms with van der Waals surface area (Å²) in [4.78, 5) is 53.1. The first kappa shape index (κ1) is 33.3. The zero-order chi connectivity index (χ0) is 33.5. The summed E-state index contributed by atoms with van der Waals surface area (Å²) >= 11 is 19.0. The average Bonchev–Trinajstić information content (AvgIpc) is 3.38. The molecule has 240 valence electrons. The molecule has 0 saturated heterocycles. The van der Waals surface area contributed by atoms with E-state index in [2.05, 4.69) is 10.6 Å². The Bertz CT molecular complexity index is 2030. The van der Waals surface area contributed by atoms with Crippen molar-refractivity contribution in [2.75, 3.05) is 19.3 Å². The Labute approximate surface area is 279 Å². The number of fused-ring (bicyclic) bond motifs is 2. The van der Waals surface area contributed by atoms with Crippen molar-refractivity contribution in [1.82, 2.24) is 19.5 Å². The Balaban J connectivity index is 1.31. The van der Waals surface area contributed by atoms with Gasteiger partial charge in [-0.25, -0.2) is 17.2 Å². The molecule has 4 aromatic rings. The minimum Gasteiger partial charge on any atom is -0.480 e. The Kier molecular flexibility index (Phi) is 9.37. The van der Waals surface area contributed by atoms with Crippen LogP contribution in [0.15, 0.2) is 54.7 Å². The van der Waals surface area contributed by atoms with E-state index >= 15 is 0 Å². The van der Waals surface area contributed by atoms with E-state index in [1.807, 2.05) is 0 Å². The number of aliphatic carboxylic acids is 1. The van der Waals surface area contributed by atoms with Gasteiger partial charge in [0.1, 0.15) is 6.04 Å². The largest absolute Gasteiger partial charge is 0.480 e. The number of carboxylic acid groups (broad SMARTS) is 1. The van der Waals surface area contributed by atoms with Gasteiger partial charge in [-0.3, -0.25) is 14.4 Å². The smallest absolute Gasteiger partial charge is 0.328 e. The molecule has 3 N–H and O–H groups in total. The summed E-state index contributed by atoms with van der Waals surface area (Å²) in [7, 11) is -3.75. The number of nitrogens with one attached hydrogen (secondary N) is 2. The van der Waals surface area contributed by atoms with Crippen LogP contribution in [0.4, 0.5) is 0 Å². The molecule has 0 saturated carbocycles. The van der Waals surface area contributed by atoms with Crippen LogP contribution < -0.4 is 10.6 Å². The van der Waals surface area contributed by atoms with Crippen LogP contribution in [0.25, 0.3) is 10.9 Å². The highest BCUT2D eigenvalue weighted by atomic mass is 35.5. The molecule has 2 heterocycles. The molecule has 0 bridgehead atoms. The molecule has 1 unspecified atom stereocenters. The second-order valence-corrected chi connectivity index (χ2v) is 13.9. The first-order valence-corrected chi connectivity index (χ1v) is 16.8. The molecule has 1 atom stereocenters. The minimum absolute atomic E-state index is 0.0141. The quantitative estimate of drug-likeness (QED) is 0.243. The Hall–Kier alpha value is -4.10. The summed E-state index contributed by atoms with van der Waals surface area (Å²) in [6.07, 6.45) is 2.49. The first-order chi connectivity index (χ1) is 21.6. The second kappa shape index (κ2) is 13.0. The molecule has 5 rings (SSSR count). The van der Waals surface area contributed by atoms with Crippen LogP contribution in [0.2, 0.25) is 15.1 Å². The molecule has 0 aliphatic carbocycles. The molecular formula is C31H27Cl3N4O7S. The number of amides is 3. The zero-order valence-corrected chi connectivity index (χ0v) is 27.5. The van der Waals surface area contributed by atoms with E-state index in [1.165, 1.54) is 12.3 Å². The number of hydrogen-bond acceptors (Lipinski definition) is 6. The predicted molar refractivity (Wildman–Crippen MR) is 174 cm³/mol. The van der Waals surface area contributed by atoms with Crippen molar-refractivity contribution < 1.29 is 32.7 Å². The van der Waals surface area contributed by atoms with Gasteiger partial charge in [0.25, 0.3) is 17.7 Å². The molecule has 3 amide bonds. The number of carbonyl (C=O) groups is 4. The maximum atomic E-state index is 13.3. The summed E-state index contributed by atoms with van der Waals surface area (Å²) < 4.78 is 25.6. The van der Waals surface area contributed by atoms with E-state index < -0.39 is 40.4 Å². The van der Waals surface area contributed by atoms with Crippen molar-refractivity contribution in [2.45, 2.75) is 25.9 Å². The summed E-state index contributed by atoms with van der Waals surface area (Å²) in [5.41, 5.74) is 2.66. The van der Waals surface area contributed by atoms with Crippen molar-refractivity contribution in [3.63, 3.8) is 0 Å². The normalized spacial score (nSPS) is 13.6. The number of benzene rings is 3. The van der Waals surface area contributed by atoms with Crippen molar-refractivity contribution in [2.24, 2.45) is 0 Å². The van der Waals surface area contributed by atoms with Crippen LogP contribution in [0.5, 0.6) is 0 Å². The lowest BCUT2D eigenvalue weighted by Gasteiger charge is -2.30. The van der Waals surface area contributed by atoms with Gasteiger partial charge in [0.15, 0.2) is 0 Å². The van der Waals surface area contributed by atoms with Crippen LogP contribution in [-0.4, -0.2) is 71.5 Å². The number of aryl methyl sites for hydroxylation is 1. The van der Waals surface area contributed by atoms with Gasteiger partial charge in [0.2, 0.25) is 10.0 Å². The van der Waals surface area contributed by atoms with Crippen molar-refractivity contribution in [1.29, 1.82) is 0 Å². The summed E-state index contributed by atoms with van der Waals surface area (Å²) in [5, 5.41) is 15.5. The number of aromatic nitrogens is 1. The summed E-state index contributed by atoms with van der Waals surface area (Å²) in [5.74, 6) is -3.26. The molecule has 3 aromatic carbocycles. The fraction of sp³-hybridized carbons (Fsp3) is 0.226. The second-order valence-electron chi connectivity index (χ2n) is 10.9. The topological polar surface area (TPSA) is 155 Å². The Morgan fingerprint density at radius 3 is 2.35 bits per heavy atom.